The molecule has 2 heterocycles. The smallest absolute Gasteiger partial charge is 0.239 e. The molecule has 3 aromatic carbocycles. The highest BCUT2D eigenvalue weighted by atomic mass is 19.1. The van der Waals surface area contributed by atoms with Crippen molar-refractivity contribution in [2.75, 3.05) is 26.6 Å². The fourth-order valence-corrected chi connectivity index (χ4v) is 11.0. The molecule has 0 bridgehead atoms. The number of benzene rings is 3. The number of hydrogen-bond donors (Lipinski definition) is 2. The van der Waals surface area contributed by atoms with Gasteiger partial charge in [-0.25, -0.2) is 4.39 Å². The number of halogens is 1. The molecule has 1 fully saturated rings. The molecule has 11 nitrogen and oxygen atoms in total. The number of aliphatic hydroxyl groups is 2. The highest BCUT2D eigenvalue weighted by Crippen LogP contribution is 2.62. The summed E-state index contributed by atoms with van der Waals surface area (Å²) in [5.41, 5.74) is 3.34. The van der Waals surface area contributed by atoms with E-state index in [9.17, 15) is 14.6 Å². The van der Waals surface area contributed by atoms with Crippen molar-refractivity contribution in [2.24, 2.45) is 22.9 Å². The maximum Gasteiger partial charge on any atom is 0.239 e. The molecular formula is C58H79FN2O9. The number of amides is 1. The van der Waals surface area contributed by atoms with Gasteiger partial charge < -0.3 is 43.6 Å². The van der Waals surface area contributed by atoms with Crippen LogP contribution in [0.5, 0.6) is 23.0 Å². The number of ether oxygens (including phenoxy) is 5. The number of carbonyl (C=O) groups is 1. The van der Waals surface area contributed by atoms with Crippen LogP contribution in [0, 0.1) is 23.6 Å². The Labute approximate surface area is 416 Å². The van der Waals surface area contributed by atoms with Gasteiger partial charge in [0.25, 0.3) is 0 Å². The van der Waals surface area contributed by atoms with Crippen LogP contribution >= 0.6 is 0 Å². The number of oxime groups is 1. The van der Waals surface area contributed by atoms with E-state index in [2.05, 4.69) is 19.6 Å². The molecule has 12 heteroatoms. The molecule has 0 spiro atoms. The maximum atomic E-state index is 15.4. The number of carbonyl (C=O) groups excluding carboxylic acids is 1. The van der Waals surface area contributed by atoms with E-state index < -0.39 is 23.3 Å². The minimum Gasteiger partial charge on any atom is -0.489 e. The first kappa shape index (κ1) is 52.9. The molecule has 1 amide bonds. The number of aliphatic hydroxyl groups excluding tert-OH is 2. The van der Waals surface area contributed by atoms with Gasteiger partial charge in [0.05, 0.1) is 18.2 Å². The van der Waals surface area contributed by atoms with E-state index in [1.165, 1.54) is 38.2 Å². The average Bonchev–Trinajstić information content (AvgIpc) is 3.83. The molecule has 2 N–H and O–H groups in total. The third-order valence-corrected chi connectivity index (χ3v) is 14.4. The number of hydrogen-bond acceptors (Lipinski definition) is 10. The van der Waals surface area contributed by atoms with Crippen LogP contribution in [-0.4, -0.2) is 70.8 Å². The molecule has 0 saturated heterocycles. The SMILES string of the molecule is C=CCO[C@@]12Oc3ccc(OCc4ccccc4F)cc3[C@H]3[C@H](CCCCO)[C@@H](CCCCO)C=C(C(=NOC(C)(C)C)C[C@@H]1N(Cc1ccc4c(c1)OCO4)C(=O)CCCCCCCCCCC)[C@H]32. The van der Waals surface area contributed by atoms with Crippen LogP contribution in [0.2, 0.25) is 0 Å². The van der Waals surface area contributed by atoms with Crippen molar-refractivity contribution >= 4 is 11.6 Å². The van der Waals surface area contributed by atoms with E-state index in [1.807, 2.05) is 62.1 Å². The topological polar surface area (TPSA) is 129 Å². The van der Waals surface area contributed by atoms with Crippen LogP contribution in [0.4, 0.5) is 4.39 Å². The molecule has 382 valence electrons. The van der Waals surface area contributed by atoms with Crippen molar-refractivity contribution in [3.8, 4) is 23.0 Å². The second-order valence-corrected chi connectivity index (χ2v) is 20.6. The molecule has 3 aromatic rings. The fourth-order valence-electron chi connectivity index (χ4n) is 11.0. The largest absolute Gasteiger partial charge is 0.489 e. The van der Waals surface area contributed by atoms with Crippen LogP contribution < -0.4 is 18.9 Å². The Kier molecular flexibility index (Phi) is 19.2. The van der Waals surface area contributed by atoms with Crippen molar-refractivity contribution in [1.82, 2.24) is 4.90 Å². The lowest BCUT2D eigenvalue weighted by Gasteiger charge is -2.60. The van der Waals surface area contributed by atoms with Gasteiger partial charge in [-0.2, -0.15) is 0 Å². The van der Waals surface area contributed by atoms with Gasteiger partial charge in [-0.3, -0.25) is 4.79 Å². The summed E-state index contributed by atoms with van der Waals surface area (Å²) in [7, 11) is 0. The summed E-state index contributed by atoms with van der Waals surface area (Å²) in [6.07, 6.45) is 19.5. The standard InChI is InChI=1S/C58H79FN2O9/c1-6-8-9-10-11-12-13-14-15-26-54(64)61(38-41-27-29-51-52(34-41)67-40-66-51)53-37-49(60-70-57(3,4)5)46-35-42(22-18-20-31-62)45(24-19-21-32-63)55-47-36-44(65-39-43-23-16-17-25-48(43)59)28-30-50(47)69-58(53,56(46)55)68-33-7-2/h7,16-17,23,25,27-30,34-36,42,45,53,55-56,62-63H,2,6,8-15,18-22,24,26,31-33,37-40H2,1,3-5H3/t42-,45+,53-,55+,56+,58+/m0/s1. The molecule has 0 radical (unpaired) electrons. The summed E-state index contributed by atoms with van der Waals surface area (Å²) in [5.74, 6) is 0.0831. The van der Waals surface area contributed by atoms with Crippen LogP contribution in [0.1, 0.15) is 159 Å². The minimum atomic E-state index is -1.43. The summed E-state index contributed by atoms with van der Waals surface area (Å²) in [4.78, 5) is 23.7. The lowest BCUT2D eigenvalue weighted by Crippen LogP contribution is -2.70. The average molecular weight is 967 g/mol. The third-order valence-electron chi connectivity index (χ3n) is 14.4. The summed E-state index contributed by atoms with van der Waals surface area (Å²) in [6, 6.07) is 17.6. The zero-order chi connectivity index (χ0) is 49.5. The second-order valence-electron chi connectivity index (χ2n) is 20.6. The highest BCUT2D eigenvalue weighted by Gasteiger charge is 2.65. The number of allylic oxidation sites excluding steroid dienone is 1. The first-order chi connectivity index (χ1) is 34.0. The molecule has 70 heavy (non-hydrogen) atoms. The molecule has 0 unspecified atom stereocenters. The molecule has 7 rings (SSSR count). The Bertz CT molecular complexity index is 2240. The molecule has 0 aromatic heterocycles. The Morgan fingerprint density at radius 3 is 2.33 bits per heavy atom. The first-order valence-electron chi connectivity index (χ1n) is 26.3. The molecule has 2 aliphatic heterocycles. The Hall–Kier alpha value is -4.91. The Balaban J connectivity index is 1.37. The zero-order valence-electron chi connectivity index (χ0n) is 42.3. The fraction of sp³-hybridized carbons (Fsp3) is 0.586. The van der Waals surface area contributed by atoms with Gasteiger partial charge in [0.1, 0.15) is 35.6 Å². The number of nitrogens with zero attached hydrogens (tertiary/aromatic N) is 2. The van der Waals surface area contributed by atoms with Gasteiger partial charge >= 0.3 is 0 Å². The molecule has 1 saturated carbocycles. The van der Waals surface area contributed by atoms with Crippen molar-refractivity contribution in [2.45, 2.75) is 173 Å². The van der Waals surface area contributed by atoms with Crippen molar-refractivity contribution < 1.29 is 47.9 Å². The quantitative estimate of drug-likeness (QED) is 0.0415. The molecular weight excluding hydrogens is 888 g/mol. The second kappa shape index (κ2) is 25.5. The van der Waals surface area contributed by atoms with E-state index in [1.54, 1.807) is 24.3 Å². The van der Waals surface area contributed by atoms with Crippen LogP contribution in [0.25, 0.3) is 0 Å². The normalized spacial score (nSPS) is 22.7. The van der Waals surface area contributed by atoms with Gasteiger partial charge in [-0.15, -0.1) is 6.58 Å². The number of fused-ring (bicyclic) bond motifs is 3. The lowest BCUT2D eigenvalue weighted by molar-refractivity contribution is -0.258. The lowest BCUT2D eigenvalue weighted by atomic mass is 9.55. The summed E-state index contributed by atoms with van der Waals surface area (Å²) < 4.78 is 47.6. The van der Waals surface area contributed by atoms with Crippen molar-refractivity contribution in [1.29, 1.82) is 0 Å². The third kappa shape index (κ3) is 13.1. The van der Waals surface area contributed by atoms with Crippen molar-refractivity contribution in [3.05, 3.63) is 107 Å². The van der Waals surface area contributed by atoms with Crippen LogP contribution in [0.15, 0.2) is 90.1 Å². The van der Waals surface area contributed by atoms with Gasteiger partial charge in [0.15, 0.2) is 11.5 Å². The van der Waals surface area contributed by atoms with E-state index >= 15 is 4.79 Å². The van der Waals surface area contributed by atoms with Gasteiger partial charge in [-0.05, 0) is 112 Å². The minimum absolute atomic E-state index is 0.00395. The monoisotopic (exact) mass is 967 g/mol. The van der Waals surface area contributed by atoms with Gasteiger partial charge in [0, 0.05) is 49.6 Å². The molecule has 2 aliphatic carbocycles. The van der Waals surface area contributed by atoms with E-state index in [0.717, 1.165) is 73.8 Å². The number of rotatable bonds is 28. The van der Waals surface area contributed by atoms with Crippen LogP contribution in [-0.2, 0) is 27.5 Å². The summed E-state index contributed by atoms with van der Waals surface area (Å²) >= 11 is 0. The van der Waals surface area contributed by atoms with E-state index in [0.29, 0.717) is 47.8 Å². The van der Waals surface area contributed by atoms with Gasteiger partial charge in [-0.1, -0.05) is 113 Å². The Morgan fingerprint density at radius 2 is 1.60 bits per heavy atom. The van der Waals surface area contributed by atoms with E-state index in [4.69, 9.17) is 33.7 Å². The van der Waals surface area contributed by atoms with Crippen molar-refractivity contribution in [3.63, 3.8) is 0 Å². The van der Waals surface area contributed by atoms with Gasteiger partial charge in [0.2, 0.25) is 18.5 Å². The maximum absolute atomic E-state index is 15.4. The predicted molar refractivity (Wildman–Crippen MR) is 271 cm³/mol. The van der Waals surface area contributed by atoms with E-state index in [-0.39, 0.29) is 75.7 Å². The predicted octanol–water partition coefficient (Wildman–Crippen LogP) is 12.5. The molecule has 4 aliphatic rings. The summed E-state index contributed by atoms with van der Waals surface area (Å²) in [5, 5.41) is 25.1. The summed E-state index contributed by atoms with van der Waals surface area (Å²) in [6.45, 7) is 13.0. The Morgan fingerprint density at radius 1 is 0.886 bits per heavy atom. The highest BCUT2D eigenvalue weighted by molar-refractivity contribution is 6.03. The number of unbranched alkanes of at least 4 members (excludes halogenated alkanes) is 10. The zero-order valence-corrected chi connectivity index (χ0v) is 42.3. The van der Waals surface area contributed by atoms with Crippen LogP contribution in [0.3, 0.4) is 0 Å². The molecule has 6 atom stereocenters. The first-order valence-corrected chi connectivity index (χ1v) is 26.3.